The zero-order valence-electron chi connectivity index (χ0n) is 10.6. The van der Waals surface area contributed by atoms with Crippen LogP contribution in [0.3, 0.4) is 0 Å². The predicted molar refractivity (Wildman–Crippen MR) is 71.8 cm³/mol. The minimum Gasteiger partial charge on any atom is -0.302 e. The fourth-order valence-corrected chi connectivity index (χ4v) is 3.69. The molecule has 1 unspecified atom stereocenters. The van der Waals surface area contributed by atoms with Crippen molar-refractivity contribution in [1.82, 2.24) is 15.3 Å². The largest absolute Gasteiger partial charge is 0.302 e. The first-order valence-electron chi connectivity index (χ1n) is 6.21. The lowest BCUT2D eigenvalue weighted by Crippen LogP contribution is -2.60. The minimum atomic E-state index is 0.195. The van der Waals surface area contributed by atoms with Gasteiger partial charge in [-0.05, 0) is 26.9 Å². The third kappa shape index (κ3) is 2.52. The number of nitrogens with two attached hydrogens (primary N) is 1. The van der Waals surface area contributed by atoms with E-state index in [1.54, 1.807) is 11.3 Å². The van der Waals surface area contributed by atoms with Crippen molar-refractivity contribution in [2.45, 2.75) is 43.7 Å². The normalized spacial score (nSPS) is 20.9. The van der Waals surface area contributed by atoms with Crippen molar-refractivity contribution in [2.75, 3.05) is 14.1 Å². The number of nitrogens with zero attached hydrogens (tertiary/aromatic N) is 2. The number of hydrazine groups is 1. The molecule has 4 nitrogen and oxygen atoms in total. The Hall–Kier alpha value is -0.490. The van der Waals surface area contributed by atoms with Crippen LogP contribution in [0.1, 0.15) is 30.7 Å². The number of rotatable bonds is 5. The van der Waals surface area contributed by atoms with E-state index in [-0.39, 0.29) is 11.6 Å². The van der Waals surface area contributed by atoms with E-state index in [1.807, 2.05) is 11.6 Å². The predicted octanol–water partition coefficient (Wildman–Crippen LogP) is 1.39. The van der Waals surface area contributed by atoms with Gasteiger partial charge >= 0.3 is 0 Å². The maximum Gasteiger partial charge on any atom is 0.0941 e. The van der Waals surface area contributed by atoms with E-state index in [2.05, 4.69) is 29.4 Å². The first-order valence-corrected chi connectivity index (χ1v) is 7.09. The molecule has 2 rings (SSSR count). The Bertz CT molecular complexity index is 330. The Kier molecular flexibility index (Phi) is 4.14. The minimum absolute atomic E-state index is 0.195. The molecule has 1 aromatic heterocycles. The molecule has 0 radical (unpaired) electrons. The molecule has 1 aromatic rings. The van der Waals surface area contributed by atoms with Gasteiger partial charge in [0, 0.05) is 29.6 Å². The van der Waals surface area contributed by atoms with E-state index in [4.69, 9.17) is 5.84 Å². The Labute approximate surface area is 107 Å². The molecule has 0 amide bonds. The first-order chi connectivity index (χ1) is 8.19. The Balaban J connectivity index is 2.15. The summed E-state index contributed by atoms with van der Waals surface area (Å²) in [5.41, 5.74) is 3.22. The second kappa shape index (κ2) is 5.44. The van der Waals surface area contributed by atoms with E-state index >= 15 is 0 Å². The Morgan fingerprint density at radius 1 is 1.53 bits per heavy atom. The molecular weight excluding hydrogens is 232 g/mol. The molecule has 0 saturated heterocycles. The quantitative estimate of drug-likeness (QED) is 0.616. The van der Waals surface area contributed by atoms with Gasteiger partial charge in [0.1, 0.15) is 0 Å². The lowest BCUT2D eigenvalue weighted by Gasteiger charge is -2.42. The van der Waals surface area contributed by atoms with Crippen molar-refractivity contribution in [3.05, 3.63) is 16.6 Å². The number of hydrogen-bond acceptors (Lipinski definition) is 5. The summed E-state index contributed by atoms with van der Waals surface area (Å²) in [4.78, 5) is 6.72. The van der Waals surface area contributed by atoms with Gasteiger partial charge in [0.25, 0.3) is 0 Å². The summed E-state index contributed by atoms with van der Waals surface area (Å²) in [6.07, 6.45) is 7.83. The van der Waals surface area contributed by atoms with Gasteiger partial charge in [-0.15, -0.1) is 11.3 Å². The summed E-state index contributed by atoms with van der Waals surface area (Å²) >= 11 is 1.71. The highest BCUT2D eigenvalue weighted by Gasteiger charge is 2.42. The standard InChI is InChI=1S/C12H22N4S/c1-16(2)12(5-3-4-6-12)10(15-13)9-11-14-7-8-17-11/h7-8,10,15H,3-6,9,13H2,1-2H3. The van der Waals surface area contributed by atoms with E-state index in [0.717, 1.165) is 6.42 Å². The zero-order chi connectivity index (χ0) is 12.3. The average molecular weight is 254 g/mol. The van der Waals surface area contributed by atoms with Crippen molar-refractivity contribution in [3.8, 4) is 0 Å². The van der Waals surface area contributed by atoms with Gasteiger partial charge in [-0.25, -0.2) is 4.98 Å². The molecule has 0 bridgehead atoms. The van der Waals surface area contributed by atoms with Crippen molar-refractivity contribution in [1.29, 1.82) is 0 Å². The monoisotopic (exact) mass is 254 g/mol. The smallest absolute Gasteiger partial charge is 0.0941 e. The van der Waals surface area contributed by atoms with Crippen LogP contribution in [0.4, 0.5) is 0 Å². The van der Waals surface area contributed by atoms with Crippen LogP contribution in [0, 0.1) is 0 Å². The van der Waals surface area contributed by atoms with Crippen LogP contribution >= 0.6 is 11.3 Å². The van der Waals surface area contributed by atoms with Crippen LogP contribution in [0.5, 0.6) is 0 Å². The van der Waals surface area contributed by atoms with Gasteiger partial charge in [-0.1, -0.05) is 12.8 Å². The van der Waals surface area contributed by atoms with E-state index < -0.39 is 0 Å². The molecule has 1 fully saturated rings. The second-order valence-electron chi connectivity index (χ2n) is 5.05. The Morgan fingerprint density at radius 3 is 2.71 bits per heavy atom. The number of hydrogen-bond donors (Lipinski definition) is 2. The van der Waals surface area contributed by atoms with Crippen LogP contribution in [0.2, 0.25) is 0 Å². The molecule has 5 heteroatoms. The summed E-state index contributed by atoms with van der Waals surface area (Å²) in [6.45, 7) is 0. The molecule has 17 heavy (non-hydrogen) atoms. The van der Waals surface area contributed by atoms with E-state index in [9.17, 15) is 0 Å². The van der Waals surface area contributed by atoms with Crippen molar-refractivity contribution < 1.29 is 0 Å². The van der Waals surface area contributed by atoms with Crippen molar-refractivity contribution in [2.24, 2.45) is 5.84 Å². The van der Waals surface area contributed by atoms with Gasteiger partial charge < -0.3 is 4.90 Å². The summed E-state index contributed by atoms with van der Waals surface area (Å²) < 4.78 is 0. The molecule has 1 atom stereocenters. The van der Waals surface area contributed by atoms with Crippen LogP contribution in [0.25, 0.3) is 0 Å². The number of likely N-dealkylation sites (N-methyl/N-ethyl adjacent to an activating group) is 1. The zero-order valence-corrected chi connectivity index (χ0v) is 11.5. The Morgan fingerprint density at radius 2 is 2.24 bits per heavy atom. The van der Waals surface area contributed by atoms with Gasteiger partial charge in [0.15, 0.2) is 0 Å². The number of thiazole rings is 1. The van der Waals surface area contributed by atoms with Gasteiger partial charge in [0.2, 0.25) is 0 Å². The molecular formula is C12H22N4S. The molecule has 3 N–H and O–H groups in total. The van der Waals surface area contributed by atoms with Crippen LogP contribution < -0.4 is 11.3 Å². The number of nitrogens with one attached hydrogen (secondary N) is 1. The second-order valence-corrected chi connectivity index (χ2v) is 6.03. The average Bonchev–Trinajstić information content (AvgIpc) is 2.97. The van der Waals surface area contributed by atoms with Crippen LogP contribution in [-0.4, -0.2) is 35.6 Å². The number of aromatic nitrogens is 1. The highest BCUT2D eigenvalue weighted by atomic mass is 32.1. The lowest BCUT2D eigenvalue weighted by atomic mass is 9.85. The van der Waals surface area contributed by atoms with Gasteiger partial charge in [-0.3, -0.25) is 11.3 Å². The molecule has 0 aliphatic heterocycles. The summed E-state index contributed by atoms with van der Waals surface area (Å²) in [7, 11) is 4.33. The maximum atomic E-state index is 5.79. The molecule has 96 valence electrons. The van der Waals surface area contributed by atoms with E-state index in [1.165, 1.54) is 30.7 Å². The third-order valence-corrected chi connectivity index (χ3v) is 4.87. The molecule has 1 aliphatic rings. The molecule has 1 saturated carbocycles. The summed E-state index contributed by atoms with van der Waals surface area (Å²) in [6, 6.07) is 0.283. The lowest BCUT2D eigenvalue weighted by molar-refractivity contribution is 0.104. The van der Waals surface area contributed by atoms with Crippen LogP contribution in [-0.2, 0) is 6.42 Å². The molecule has 1 aliphatic carbocycles. The molecule has 0 spiro atoms. The third-order valence-electron chi connectivity index (χ3n) is 4.07. The first kappa shape index (κ1) is 13.0. The maximum absolute atomic E-state index is 5.79. The fourth-order valence-electron chi connectivity index (χ4n) is 3.03. The van der Waals surface area contributed by atoms with Crippen molar-refractivity contribution in [3.63, 3.8) is 0 Å². The topological polar surface area (TPSA) is 54.2 Å². The fraction of sp³-hybridized carbons (Fsp3) is 0.750. The van der Waals surface area contributed by atoms with Gasteiger partial charge in [-0.2, -0.15) is 0 Å². The highest BCUT2D eigenvalue weighted by Crippen LogP contribution is 2.37. The SMILES string of the molecule is CN(C)C1(C(Cc2nccs2)NN)CCCC1. The summed E-state index contributed by atoms with van der Waals surface area (Å²) in [5.74, 6) is 5.79. The van der Waals surface area contributed by atoms with Gasteiger partial charge in [0.05, 0.1) is 5.01 Å². The molecule has 1 heterocycles. The van der Waals surface area contributed by atoms with E-state index in [0.29, 0.717) is 0 Å². The van der Waals surface area contributed by atoms with Crippen LogP contribution in [0.15, 0.2) is 11.6 Å². The molecule has 0 aromatic carbocycles. The summed E-state index contributed by atoms with van der Waals surface area (Å²) in [5, 5.41) is 3.20. The van der Waals surface area contributed by atoms with Crippen molar-refractivity contribution >= 4 is 11.3 Å². The highest BCUT2D eigenvalue weighted by molar-refractivity contribution is 7.09.